The molecule has 0 bridgehead atoms. The summed E-state index contributed by atoms with van der Waals surface area (Å²) in [6.07, 6.45) is 2.02. The maximum absolute atomic E-state index is 10.2. The number of hydrogen-bond acceptors (Lipinski definition) is 5. The predicted octanol–water partition coefficient (Wildman–Crippen LogP) is 3.68. The molecule has 120 valence electrons. The molecular formula is C17H24N2O2S. The third kappa shape index (κ3) is 3.06. The van der Waals surface area contributed by atoms with Gasteiger partial charge in [0.1, 0.15) is 11.3 Å². The SMILES string of the molecule is CCOc1cccc2sc(N3CCC(C(C)(C)O)CC3)nc12. The number of thiazole rings is 1. The van der Waals surface area contributed by atoms with Crippen LogP contribution in [0.5, 0.6) is 5.75 Å². The fourth-order valence-corrected chi connectivity index (χ4v) is 4.13. The molecule has 0 aliphatic carbocycles. The Morgan fingerprint density at radius 2 is 2.09 bits per heavy atom. The number of para-hydroxylation sites is 1. The van der Waals surface area contributed by atoms with Crippen LogP contribution in [0.15, 0.2) is 18.2 Å². The van der Waals surface area contributed by atoms with Crippen LogP contribution in [0.2, 0.25) is 0 Å². The minimum atomic E-state index is -0.582. The van der Waals surface area contributed by atoms with Crippen LogP contribution in [-0.2, 0) is 0 Å². The standard InChI is InChI=1S/C17H24N2O2S/c1-4-21-13-6-5-7-14-15(13)18-16(22-14)19-10-8-12(9-11-19)17(2,3)20/h5-7,12,20H,4,8-11H2,1-3H3. The van der Waals surface area contributed by atoms with E-state index in [1.54, 1.807) is 11.3 Å². The van der Waals surface area contributed by atoms with Gasteiger partial charge >= 0.3 is 0 Å². The highest BCUT2D eigenvalue weighted by Crippen LogP contribution is 2.36. The van der Waals surface area contributed by atoms with Crippen molar-refractivity contribution in [2.45, 2.75) is 39.2 Å². The van der Waals surface area contributed by atoms with Crippen LogP contribution >= 0.6 is 11.3 Å². The summed E-state index contributed by atoms with van der Waals surface area (Å²) in [7, 11) is 0. The Bertz CT molecular complexity index is 640. The van der Waals surface area contributed by atoms with E-state index in [1.807, 2.05) is 32.9 Å². The summed E-state index contributed by atoms with van der Waals surface area (Å²) in [5.41, 5.74) is 0.385. The highest BCUT2D eigenvalue weighted by atomic mass is 32.1. The van der Waals surface area contributed by atoms with E-state index < -0.39 is 5.60 Å². The second-order valence-electron chi connectivity index (χ2n) is 6.45. The van der Waals surface area contributed by atoms with Gasteiger partial charge in [-0.1, -0.05) is 17.4 Å². The molecule has 1 fully saturated rings. The first-order valence-electron chi connectivity index (χ1n) is 7.98. The van der Waals surface area contributed by atoms with E-state index in [9.17, 15) is 5.11 Å². The molecule has 5 heteroatoms. The van der Waals surface area contributed by atoms with Gasteiger partial charge in [0.05, 0.1) is 16.9 Å². The lowest BCUT2D eigenvalue weighted by Crippen LogP contribution is -2.41. The number of fused-ring (bicyclic) bond motifs is 1. The van der Waals surface area contributed by atoms with Crippen LogP contribution in [0.1, 0.15) is 33.6 Å². The van der Waals surface area contributed by atoms with Gasteiger partial charge in [0.2, 0.25) is 0 Å². The summed E-state index contributed by atoms with van der Waals surface area (Å²) >= 11 is 1.72. The van der Waals surface area contributed by atoms with Gasteiger partial charge in [0, 0.05) is 13.1 Å². The van der Waals surface area contributed by atoms with Crippen LogP contribution < -0.4 is 9.64 Å². The fourth-order valence-electron chi connectivity index (χ4n) is 3.10. The van der Waals surface area contributed by atoms with Gasteiger partial charge in [-0.2, -0.15) is 0 Å². The highest BCUT2D eigenvalue weighted by molar-refractivity contribution is 7.22. The van der Waals surface area contributed by atoms with Gasteiger partial charge in [0.25, 0.3) is 0 Å². The van der Waals surface area contributed by atoms with Crippen LogP contribution in [0, 0.1) is 5.92 Å². The first-order valence-corrected chi connectivity index (χ1v) is 8.80. The molecule has 0 saturated carbocycles. The van der Waals surface area contributed by atoms with E-state index in [2.05, 4.69) is 11.0 Å². The quantitative estimate of drug-likeness (QED) is 0.933. The van der Waals surface area contributed by atoms with Crippen LogP contribution in [-0.4, -0.2) is 35.4 Å². The Morgan fingerprint density at radius 1 is 1.36 bits per heavy atom. The maximum atomic E-state index is 10.2. The molecule has 1 aliphatic heterocycles. The lowest BCUT2D eigenvalue weighted by molar-refractivity contribution is 0.00651. The Labute approximate surface area is 135 Å². The molecule has 0 spiro atoms. The number of rotatable bonds is 4. The van der Waals surface area contributed by atoms with E-state index in [-0.39, 0.29) is 0 Å². The lowest BCUT2D eigenvalue weighted by Gasteiger charge is -2.37. The predicted molar refractivity (Wildman–Crippen MR) is 92.0 cm³/mol. The largest absolute Gasteiger partial charge is 0.492 e. The zero-order chi connectivity index (χ0) is 15.7. The first-order chi connectivity index (χ1) is 10.5. The molecule has 22 heavy (non-hydrogen) atoms. The molecular weight excluding hydrogens is 296 g/mol. The molecule has 3 rings (SSSR count). The number of nitrogens with zero attached hydrogens (tertiary/aromatic N) is 2. The Morgan fingerprint density at radius 3 is 2.73 bits per heavy atom. The molecule has 1 N–H and O–H groups in total. The summed E-state index contributed by atoms with van der Waals surface area (Å²) in [6, 6.07) is 6.11. The molecule has 1 saturated heterocycles. The van der Waals surface area contributed by atoms with Crippen LogP contribution in [0.3, 0.4) is 0 Å². The number of aliphatic hydroxyl groups is 1. The topological polar surface area (TPSA) is 45.6 Å². The monoisotopic (exact) mass is 320 g/mol. The van der Waals surface area contributed by atoms with Gasteiger partial charge in [-0.25, -0.2) is 4.98 Å². The van der Waals surface area contributed by atoms with Crippen molar-refractivity contribution in [3.63, 3.8) is 0 Å². The molecule has 2 aromatic rings. The fraction of sp³-hybridized carbons (Fsp3) is 0.588. The van der Waals surface area contributed by atoms with Gasteiger partial charge in [0.15, 0.2) is 5.13 Å². The van der Waals surface area contributed by atoms with Gasteiger partial charge in [-0.3, -0.25) is 0 Å². The number of aromatic nitrogens is 1. The summed E-state index contributed by atoms with van der Waals surface area (Å²) in [5.74, 6) is 1.24. The Hall–Kier alpha value is -1.33. The van der Waals surface area contributed by atoms with E-state index in [0.29, 0.717) is 12.5 Å². The van der Waals surface area contributed by atoms with Crippen LogP contribution in [0.4, 0.5) is 5.13 Å². The van der Waals surface area contributed by atoms with Crippen molar-refractivity contribution in [2.75, 3.05) is 24.6 Å². The van der Waals surface area contributed by atoms with E-state index in [4.69, 9.17) is 9.72 Å². The van der Waals surface area contributed by atoms with Crippen molar-refractivity contribution in [2.24, 2.45) is 5.92 Å². The zero-order valence-electron chi connectivity index (χ0n) is 13.5. The second-order valence-corrected chi connectivity index (χ2v) is 7.46. The number of hydrogen-bond donors (Lipinski definition) is 1. The van der Waals surface area contributed by atoms with Crippen molar-refractivity contribution >= 4 is 26.7 Å². The summed E-state index contributed by atoms with van der Waals surface area (Å²) in [5, 5.41) is 11.2. The normalized spacial score (nSPS) is 17.2. The van der Waals surface area contributed by atoms with Gasteiger partial charge in [-0.15, -0.1) is 0 Å². The first kappa shape index (κ1) is 15.6. The average Bonchev–Trinajstić information content (AvgIpc) is 2.92. The minimum Gasteiger partial charge on any atom is -0.492 e. The van der Waals surface area contributed by atoms with Crippen LogP contribution in [0.25, 0.3) is 10.2 Å². The van der Waals surface area contributed by atoms with Gasteiger partial charge < -0.3 is 14.7 Å². The molecule has 0 amide bonds. The van der Waals surface area contributed by atoms with Crippen molar-refractivity contribution in [1.29, 1.82) is 0 Å². The lowest BCUT2D eigenvalue weighted by atomic mass is 9.83. The van der Waals surface area contributed by atoms with E-state index in [0.717, 1.165) is 42.3 Å². The smallest absolute Gasteiger partial charge is 0.186 e. The van der Waals surface area contributed by atoms with Crippen molar-refractivity contribution in [3.8, 4) is 5.75 Å². The average molecular weight is 320 g/mol. The summed E-state index contributed by atoms with van der Waals surface area (Å²) in [6.45, 7) is 8.39. The molecule has 1 aliphatic rings. The second kappa shape index (κ2) is 6.05. The molecule has 2 heterocycles. The number of ether oxygens (including phenoxy) is 1. The summed E-state index contributed by atoms with van der Waals surface area (Å²) in [4.78, 5) is 7.14. The van der Waals surface area contributed by atoms with Crippen molar-refractivity contribution < 1.29 is 9.84 Å². The van der Waals surface area contributed by atoms with E-state index >= 15 is 0 Å². The number of benzene rings is 1. The molecule has 0 unspecified atom stereocenters. The highest BCUT2D eigenvalue weighted by Gasteiger charge is 2.31. The summed E-state index contributed by atoms with van der Waals surface area (Å²) < 4.78 is 6.85. The van der Waals surface area contributed by atoms with E-state index in [1.165, 1.54) is 4.70 Å². The Kier molecular flexibility index (Phi) is 4.28. The maximum Gasteiger partial charge on any atom is 0.186 e. The molecule has 1 aromatic heterocycles. The molecule has 0 atom stereocenters. The molecule has 1 aromatic carbocycles. The van der Waals surface area contributed by atoms with Crippen molar-refractivity contribution in [1.82, 2.24) is 4.98 Å². The number of piperidine rings is 1. The van der Waals surface area contributed by atoms with Gasteiger partial charge in [-0.05, 0) is 51.7 Å². The minimum absolute atomic E-state index is 0.372. The number of anilines is 1. The Balaban J connectivity index is 1.79. The third-order valence-corrected chi connectivity index (χ3v) is 5.52. The van der Waals surface area contributed by atoms with Crippen molar-refractivity contribution in [3.05, 3.63) is 18.2 Å². The molecule has 0 radical (unpaired) electrons. The zero-order valence-corrected chi connectivity index (χ0v) is 14.3. The third-order valence-electron chi connectivity index (χ3n) is 4.44. The molecule has 4 nitrogen and oxygen atoms in total.